The summed E-state index contributed by atoms with van der Waals surface area (Å²) in [5.41, 5.74) is 1.53. The third-order valence-corrected chi connectivity index (χ3v) is 4.13. The molecule has 0 aliphatic heterocycles. The molecular formula is C15H14F2N2O4S. The Kier molecular flexibility index (Phi) is 5.47. The van der Waals surface area contributed by atoms with Crippen LogP contribution in [0.1, 0.15) is 17.3 Å². The number of hydrogen-bond donors (Lipinski definition) is 2. The molecule has 0 unspecified atom stereocenters. The number of amides is 1. The Labute approximate surface area is 137 Å². The van der Waals surface area contributed by atoms with Crippen molar-refractivity contribution in [2.75, 3.05) is 6.61 Å². The van der Waals surface area contributed by atoms with Crippen LogP contribution in [0.3, 0.4) is 0 Å². The first-order chi connectivity index (χ1) is 11.3. The van der Waals surface area contributed by atoms with Crippen molar-refractivity contribution in [3.8, 4) is 5.75 Å². The van der Waals surface area contributed by atoms with Gasteiger partial charge in [-0.3, -0.25) is 10.2 Å². The summed E-state index contributed by atoms with van der Waals surface area (Å²) in [4.78, 5) is 13.5. The zero-order valence-electron chi connectivity index (χ0n) is 12.5. The average molecular weight is 356 g/mol. The Morgan fingerprint density at radius 2 is 1.67 bits per heavy atom. The van der Waals surface area contributed by atoms with Crippen LogP contribution in [0.2, 0.25) is 0 Å². The Morgan fingerprint density at radius 1 is 1.08 bits per heavy atom. The van der Waals surface area contributed by atoms with Crippen LogP contribution in [-0.2, 0) is 10.0 Å². The molecule has 2 rings (SSSR count). The Balaban J connectivity index is 2.07. The molecule has 0 atom stereocenters. The fraction of sp³-hybridized carbons (Fsp3) is 0.133. The van der Waals surface area contributed by atoms with Crippen LogP contribution in [0.4, 0.5) is 8.78 Å². The van der Waals surface area contributed by atoms with Gasteiger partial charge in [0.25, 0.3) is 15.9 Å². The van der Waals surface area contributed by atoms with Gasteiger partial charge in [0.1, 0.15) is 17.4 Å². The largest absolute Gasteiger partial charge is 0.494 e. The number of rotatable bonds is 6. The number of hydrazine groups is 1. The Bertz CT molecular complexity index is 819. The first-order valence-electron chi connectivity index (χ1n) is 6.83. The van der Waals surface area contributed by atoms with Gasteiger partial charge in [0.15, 0.2) is 0 Å². The van der Waals surface area contributed by atoms with E-state index in [1.807, 2.05) is 10.3 Å². The molecule has 9 heteroatoms. The summed E-state index contributed by atoms with van der Waals surface area (Å²) in [7, 11) is -4.04. The van der Waals surface area contributed by atoms with Crippen LogP contribution >= 0.6 is 0 Å². The zero-order chi connectivity index (χ0) is 17.7. The monoisotopic (exact) mass is 356 g/mol. The van der Waals surface area contributed by atoms with E-state index in [1.165, 1.54) is 24.3 Å². The van der Waals surface area contributed by atoms with Gasteiger partial charge in [0.2, 0.25) is 0 Å². The van der Waals surface area contributed by atoms with E-state index in [0.29, 0.717) is 18.4 Å². The molecule has 0 radical (unpaired) electrons. The number of halogens is 2. The van der Waals surface area contributed by atoms with Crippen molar-refractivity contribution >= 4 is 15.9 Å². The lowest BCUT2D eigenvalue weighted by atomic mass is 10.2. The molecule has 1 amide bonds. The van der Waals surface area contributed by atoms with Crippen LogP contribution in [0.15, 0.2) is 47.4 Å². The molecule has 0 fully saturated rings. The Morgan fingerprint density at radius 3 is 2.21 bits per heavy atom. The van der Waals surface area contributed by atoms with Crippen molar-refractivity contribution in [2.45, 2.75) is 11.8 Å². The van der Waals surface area contributed by atoms with E-state index in [-0.39, 0.29) is 10.5 Å². The van der Waals surface area contributed by atoms with E-state index in [9.17, 15) is 22.0 Å². The van der Waals surface area contributed by atoms with Crippen molar-refractivity contribution < 1.29 is 26.7 Å². The highest BCUT2D eigenvalue weighted by atomic mass is 32.2. The summed E-state index contributed by atoms with van der Waals surface area (Å²) in [5, 5.41) is 0. The Hall–Kier alpha value is -2.52. The quantitative estimate of drug-likeness (QED) is 0.775. The summed E-state index contributed by atoms with van der Waals surface area (Å²) in [6.07, 6.45) is 0. The van der Waals surface area contributed by atoms with Gasteiger partial charge in [0, 0.05) is 11.6 Å². The molecular weight excluding hydrogens is 342 g/mol. The highest BCUT2D eigenvalue weighted by Gasteiger charge is 2.16. The fourth-order valence-corrected chi connectivity index (χ4v) is 2.65. The van der Waals surface area contributed by atoms with Gasteiger partial charge in [-0.05, 0) is 43.3 Å². The van der Waals surface area contributed by atoms with E-state index in [0.717, 1.165) is 12.1 Å². The predicted octanol–water partition coefficient (Wildman–Crippen LogP) is 1.99. The number of carbonyl (C=O) groups is 1. The summed E-state index contributed by atoms with van der Waals surface area (Å²) in [6.45, 7) is 2.22. The molecule has 2 aromatic rings. The van der Waals surface area contributed by atoms with Gasteiger partial charge in [-0.25, -0.2) is 17.2 Å². The summed E-state index contributed by atoms with van der Waals surface area (Å²) < 4.78 is 55.4. The lowest BCUT2D eigenvalue weighted by Crippen LogP contribution is -2.41. The minimum atomic E-state index is -4.04. The van der Waals surface area contributed by atoms with Crippen molar-refractivity contribution in [1.82, 2.24) is 10.3 Å². The summed E-state index contributed by atoms with van der Waals surface area (Å²) in [5.74, 6) is -2.40. The van der Waals surface area contributed by atoms with E-state index in [4.69, 9.17) is 4.74 Å². The molecule has 6 nitrogen and oxygen atoms in total. The van der Waals surface area contributed by atoms with Crippen molar-refractivity contribution in [3.63, 3.8) is 0 Å². The number of sulfonamides is 1. The number of ether oxygens (including phenoxy) is 1. The second-order valence-corrected chi connectivity index (χ2v) is 6.30. The van der Waals surface area contributed by atoms with Gasteiger partial charge in [-0.1, -0.05) is 0 Å². The molecule has 0 heterocycles. The van der Waals surface area contributed by atoms with E-state index in [2.05, 4.69) is 0 Å². The second kappa shape index (κ2) is 7.37. The lowest BCUT2D eigenvalue weighted by molar-refractivity contribution is 0.0944. The van der Waals surface area contributed by atoms with Gasteiger partial charge in [-0.2, -0.15) is 0 Å². The van der Waals surface area contributed by atoms with Crippen LogP contribution < -0.4 is 15.0 Å². The molecule has 24 heavy (non-hydrogen) atoms. The average Bonchev–Trinajstić information content (AvgIpc) is 2.52. The molecule has 0 bridgehead atoms. The maximum Gasteiger partial charge on any atom is 0.266 e. The summed E-state index contributed by atoms with van der Waals surface area (Å²) in [6, 6.07) is 7.67. The van der Waals surface area contributed by atoms with E-state index < -0.39 is 27.6 Å². The molecule has 128 valence electrons. The first-order valence-corrected chi connectivity index (χ1v) is 8.31. The first kappa shape index (κ1) is 17.8. The molecule has 0 saturated carbocycles. The van der Waals surface area contributed by atoms with Gasteiger partial charge in [0.05, 0.1) is 11.5 Å². The van der Waals surface area contributed by atoms with Crippen LogP contribution in [-0.4, -0.2) is 20.9 Å². The van der Waals surface area contributed by atoms with Gasteiger partial charge >= 0.3 is 0 Å². The second-order valence-electron chi connectivity index (χ2n) is 4.62. The van der Waals surface area contributed by atoms with Gasteiger partial charge in [-0.15, -0.1) is 4.83 Å². The van der Waals surface area contributed by atoms with Crippen LogP contribution in [0.25, 0.3) is 0 Å². The minimum absolute atomic E-state index is 0.114. The lowest BCUT2D eigenvalue weighted by Gasteiger charge is -2.09. The highest BCUT2D eigenvalue weighted by molar-refractivity contribution is 7.89. The molecule has 0 spiro atoms. The molecule has 2 aromatic carbocycles. The topological polar surface area (TPSA) is 84.5 Å². The van der Waals surface area contributed by atoms with Crippen molar-refractivity contribution in [2.24, 2.45) is 0 Å². The number of carbonyl (C=O) groups excluding carboxylic acids is 1. The van der Waals surface area contributed by atoms with E-state index in [1.54, 1.807) is 6.92 Å². The third kappa shape index (κ3) is 4.49. The molecule has 0 saturated heterocycles. The molecule has 0 aliphatic rings. The standard InChI is InChI=1S/C15H14F2N2O4S/c1-2-23-13-3-5-14(6-4-13)24(21,22)19-18-15(20)10-7-11(16)9-12(17)8-10/h3-9,19H,2H2,1H3,(H,18,20). The molecule has 0 aliphatic carbocycles. The zero-order valence-corrected chi connectivity index (χ0v) is 13.4. The number of benzene rings is 2. The number of hydrogen-bond acceptors (Lipinski definition) is 4. The number of nitrogens with one attached hydrogen (secondary N) is 2. The predicted molar refractivity (Wildman–Crippen MR) is 81.8 cm³/mol. The maximum atomic E-state index is 13.1. The third-order valence-electron chi connectivity index (χ3n) is 2.87. The van der Waals surface area contributed by atoms with Gasteiger partial charge < -0.3 is 4.74 Å². The van der Waals surface area contributed by atoms with Crippen molar-refractivity contribution in [3.05, 3.63) is 59.7 Å². The smallest absolute Gasteiger partial charge is 0.266 e. The maximum absolute atomic E-state index is 13.1. The molecule has 0 aromatic heterocycles. The SMILES string of the molecule is CCOc1ccc(S(=O)(=O)NNC(=O)c2cc(F)cc(F)c2)cc1. The normalized spacial score (nSPS) is 11.1. The fourth-order valence-electron chi connectivity index (χ4n) is 1.81. The van der Waals surface area contributed by atoms with Crippen molar-refractivity contribution in [1.29, 1.82) is 0 Å². The van der Waals surface area contributed by atoms with Crippen LogP contribution in [0, 0.1) is 11.6 Å². The summed E-state index contributed by atoms with van der Waals surface area (Å²) >= 11 is 0. The minimum Gasteiger partial charge on any atom is -0.494 e. The van der Waals surface area contributed by atoms with E-state index >= 15 is 0 Å². The highest BCUT2D eigenvalue weighted by Crippen LogP contribution is 2.15. The molecule has 2 N–H and O–H groups in total. The van der Waals surface area contributed by atoms with Crippen LogP contribution in [0.5, 0.6) is 5.75 Å².